The third kappa shape index (κ3) is 4.34. The van der Waals surface area contributed by atoms with Gasteiger partial charge in [-0.15, -0.1) is 0 Å². The summed E-state index contributed by atoms with van der Waals surface area (Å²) in [6.07, 6.45) is 1.77. The molecule has 0 saturated carbocycles. The van der Waals surface area contributed by atoms with Crippen LogP contribution in [0.25, 0.3) is 0 Å². The van der Waals surface area contributed by atoms with E-state index >= 15 is 0 Å². The molecule has 0 amide bonds. The summed E-state index contributed by atoms with van der Waals surface area (Å²) >= 11 is 0. The van der Waals surface area contributed by atoms with Crippen LogP contribution in [0.4, 0.5) is 0 Å². The van der Waals surface area contributed by atoms with Crippen molar-refractivity contribution < 1.29 is 4.52 Å². The van der Waals surface area contributed by atoms with Gasteiger partial charge < -0.3 is 15.2 Å². The molecule has 0 aliphatic rings. The Kier molecular flexibility index (Phi) is 5.57. The SMILES string of the molecule is CCNC(=NCc1ccnn1C)NCc1cc(C(C)C)no1. The Bertz CT molecular complexity index is 613. The molecule has 0 aliphatic heterocycles. The van der Waals surface area contributed by atoms with Gasteiger partial charge in [-0.05, 0) is 18.9 Å². The van der Waals surface area contributed by atoms with E-state index < -0.39 is 0 Å². The van der Waals surface area contributed by atoms with Gasteiger partial charge in [-0.2, -0.15) is 5.10 Å². The van der Waals surface area contributed by atoms with Crippen LogP contribution in [0.1, 0.15) is 43.8 Å². The van der Waals surface area contributed by atoms with Crippen molar-refractivity contribution in [3.05, 3.63) is 35.5 Å². The van der Waals surface area contributed by atoms with E-state index in [0.717, 1.165) is 29.7 Å². The van der Waals surface area contributed by atoms with Gasteiger partial charge in [0.05, 0.1) is 24.5 Å². The highest BCUT2D eigenvalue weighted by atomic mass is 16.5. The van der Waals surface area contributed by atoms with Gasteiger partial charge in [0, 0.05) is 25.9 Å². The van der Waals surface area contributed by atoms with Gasteiger partial charge in [0.15, 0.2) is 11.7 Å². The third-order valence-corrected chi connectivity index (χ3v) is 3.26. The van der Waals surface area contributed by atoms with Crippen molar-refractivity contribution in [1.82, 2.24) is 25.6 Å². The number of nitrogens with one attached hydrogen (secondary N) is 2. The molecule has 7 nitrogen and oxygen atoms in total. The Morgan fingerprint density at radius 2 is 2.23 bits per heavy atom. The van der Waals surface area contributed by atoms with Crippen molar-refractivity contribution in [2.45, 2.75) is 39.8 Å². The Balaban J connectivity index is 1.94. The van der Waals surface area contributed by atoms with Crippen LogP contribution in [0.5, 0.6) is 0 Å². The predicted molar refractivity (Wildman–Crippen MR) is 85.5 cm³/mol. The predicted octanol–water partition coefficient (Wildman–Crippen LogP) is 1.79. The largest absolute Gasteiger partial charge is 0.359 e. The smallest absolute Gasteiger partial charge is 0.192 e. The third-order valence-electron chi connectivity index (χ3n) is 3.26. The summed E-state index contributed by atoms with van der Waals surface area (Å²) in [5.41, 5.74) is 2.02. The van der Waals surface area contributed by atoms with E-state index in [1.807, 2.05) is 30.8 Å². The fourth-order valence-electron chi connectivity index (χ4n) is 1.91. The second kappa shape index (κ2) is 7.63. The van der Waals surface area contributed by atoms with E-state index in [9.17, 15) is 0 Å². The highest BCUT2D eigenvalue weighted by molar-refractivity contribution is 5.79. The lowest BCUT2D eigenvalue weighted by atomic mass is 10.1. The van der Waals surface area contributed by atoms with E-state index in [1.165, 1.54) is 0 Å². The maximum atomic E-state index is 5.31. The topological polar surface area (TPSA) is 80.3 Å². The molecule has 22 heavy (non-hydrogen) atoms. The summed E-state index contributed by atoms with van der Waals surface area (Å²) in [5, 5.41) is 14.6. The summed E-state index contributed by atoms with van der Waals surface area (Å²) in [7, 11) is 1.91. The molecule has 0 radical (unpaired) electrons. The van der Waals surface area contributed by atoms with Crippen molar-refractivity contribution in [1.29, 1.82) is 0 Å². The van der Waals surface area contributed by atoms with Crippen LogP contribution < -0.4 is 10.6 Å². The number of aryl methyl sites for hydroxylation is 1. The molecule has 0 spiro atoms. The number of hydrogen-bond acceptors (Lipinski definition) is 4. The number of nitrogens with zero attached hydrogens (tertiary/aromatic N) is 4. The molecule has 0 bridgehead atoms. The molecule has 2 aromatic heterocycles. The van der Waals surface area contributed by atoms with Gasteiger partial charge in [0.2, 0.25) is 0 Å². The first kappa shape index (κ1) is 16.1. The molecule has 7 heteroatoms. The minimum atomic E-state index is 0.365. The van der Waals surface area contributed by atoms with Crippen molar-refractivity contribution in [3.63, 3.8) is 0 Å². The summed E-state index contributed by atoms with van der Waals surface area (Å²) < 4.78 is 7.13. The average molecular weight is 304 g/mol. The normalized spacial score (nSPS) is 12.0. The van der Waals surface area contributed by atoms with E-state index in [2.05, 4.69) is 39.7 Å². The summed E-state index contributed by atoms with van der Waals surface area (Å²) in [6.45, 7) is 8.14. The fourth-order valence-corrected chi connectivity index (χ4v) is 1.91. The Morgan fingerprint density at radius 3 is 2.82 bits per heavy atom. The minimum absolute atomic E-state index is 0.365. The zero-order chi connectivity index (χ0) is 15.9. The zero-order valence-electron chi connectivity index (χ0n) is 13.6. The van der Waals surface area contributed by atoms with Crippen molar-refractivity contribution in [2.24, 2.45) is 12.0 Å². The van der Waals surface area contributed by atoms with Crippen LogP contribution in [-0.2, 0) is 20.1 Å². The average Bonchev–Trinajstić information content (AvgIpc) is 3.11. The van der Waals surface area contributed by atoms with Gasteiger partial charge in [-0.3, -0.25) is 4.68 Å². The molecule has 2 rings (SSSR count). The fraction of sp³-hybridized carbons (Fsp3) is 0.533. The number of aromatic nitrogens is 3. The minimum Gasteiger partial charge on any atom is -0.359 e. The van der Waals surface area contributed by atoms with E-state index in [0.29, 0.717) is 19.0 Å². The zero-order valence-corrected chi connectivity index (χ0v) is 13.6. The van der Waals surface area contributed by atoms with Gasteiger partial charge in [0.1, 0.15) is 0 Å². The van der Waals surface area contributed by atoms with Crippen LogP contribution >= 0.6 is 0 Å². The van der Waals surface area contributed by atoms with Crippen LogP contribution in [0.3, 0.4) is 0 Å². The Hall–Kier alpha value is -2.31. The second-order valence-electron chi connectivity index (χ2n) is 5.37. The molecule has 2 N–H and O–H groups in total. The first-order valence-corrected chi connectivity index (χ1v) is 7.54. The monoisotopic (exact) mass is 304 g/mol. The number of guanidine groups is 1. The first-order chi connectivity index (χ1) is 10.6. The first-order valence-electron chi connectivity index (χ1n) is 7.54. The maximum absolute atomic E-state index is 5.31. The summed E-state index contributed by atoms with van der Waals surface area (Å²) in [4.78, 5) is 4.55. The summed E-state index contributed by atoms with van der Waals surface area (Å²) in [6, 6.07) is 3.93. The molecular formula is C15H24N6O. The molecule has 0 atom stereocenters. The van der Waals surface area contributed by atoms with E-state index in [1.54, 1.807) is 6.20 Å². The van der Waals surface area contributed by atoms with Crippen molar-refractivity contribution >= 4 is 5.96 Å². The second-order valence-corrected chi connectivity index (χ2v) is 5.37. The van der Waals surface area contributed by atoms with Gasteiger partial charge in [-0.25, -0.2) is 4.99 Å². The Labute approximate surface area is 130 Å². The lowest BCUT2D eigenvalue weighted by molar-refractivity contribution is 0.372. The van der Waals surface area contributed by atoms with Crippen LogP contribution in [-0.4, -0.2) is 27.4 Å². The molecule has 2 aromatic rings. The van der Waals surface area contributed by atoms with E-state index in [-0.39, 0.29) is 0 Å². The van der Waals surface area contributed by atoms with Crippen molar-refractivity contribution in [3.8, 4) is 0 Å². The van der Waals surface area contributed by atoms with Gasteiger partial charge in [0.25, 0.3) is 0 Å². The van der Waals surface area contributed by atoms with Crippen LogP contribution in [0.15, 0.2) is 27.8 Å². The molecule has 0 aromatic carbocycles. The summed E-state index contributed by atoms with van der Waals surface area (Å²) in [5.74, 6) is 1.91. The van der Waals surface area contributed by atoms with Crippen LogP contribution in [0.2, 0.25) is 0 Å². The molecular weight excluding hydrogens is 280 g/mol. The molecule has 120 valence electrons. The standard InChI is InChI=1S/C15H24N6O/c1-5-16-15(17-9-12-6-7-19-21(12)4)18-10-13-8-14(11(2)3)20-22-13/h6-8,11H,5,9-10H2,1-4H3,(H2,16,17,18). The van der Waals surface area contributed by atoms with E-state index in [4.69, 9.17) is 4.52 Å². The van der Waals surface area contributed by atoms with Crippen LogP contribution in [0, 0.1) is 0 Å². The molecule has 0 saturated heterocycles. The van der Waals surface area contributed by atoms with Gasteiger partial charge >= 0.3 is 0 Å². The maximum Gasteiger partial charge on any atom is 0.192 e. The van der Waals surface area contributed by atoms with Crippen molar-refractivity contribution in [2.75, 3.05) is 6.54 Å². The lowest BCUT2D eigenvalue weighted by Crippen LogP contribution is -2.36. The highest BCUT2D eigenvalue weighted by Gasteiger charge is 2.08. The lowest BCUT2D eigenvalue weighted by Gasteiger charge is -2.09. The quantitative estimate of drug-likeness (QED) is 0.628. The molecule has 0 aliphatic carbocycles. The molecule has 2 heterocycles. The highest BCUT2D eigenvalue weighted by Crippen LogP contribution is 2.13. The number of aliphatic imine (C=N–C) groups is 1. The number of hydrogen-bond donors (Lipinski definition) is 2. The molecule has 0 unspecified atom stereocenters. The Morgan fingerprint density at radius 1 is 1.41 bits per heavy atom. The molecule has 0 fully saturated rings. The van der Waals surface area contributed by atoms with Gasteiger partial charge in [-0.1, -0.05) is 19.0 Å². The number of rotatable bonds is 6.